The number of ether oxygens (including phenoxy) is 2. The Bertz CT molecular complexity index is 986. The summed E-state index contributed by atoms with van der Waals surface area (Å²) in [6.45, 7) is 6.94. The molecule has 1 amide bonds. The number of aromatic nitrogens is 5. The number of benzene rings is 1. The number of thiazole rings is 1. The van der Waals surface area contributed by atoms with Gasteiger partial charge in [-0.3, -0.25) is 0 Å². The van der Waals surface area contributed by atoms with Crippen LogP contribution in [-0.4, -0.2) is 54.9 Å². The minimum Gasteiger partial charge on any atom is -0.463 e. The van der Waals surface area contributed by atoms with E-state index in [-0.39, 0.29) is 12.0 Å². The van der Waals surface area contributed by atoms with Gasteiger partial charge in [-0.05, 0) is 56.2 Å². The Balaban J connectivity index is 1.51. The smallest absolute Gasteiger partial charge is 0.410 e. The normalized spacial score (nSPS) is 17.9. The summed E-state index contributed by atoms with van der Waals surface area (Å²) in [7, 11) is 0. The van der Waals surface area contributed by atoms with E-state index in [4.69, 9.17) is 14.5 Å². The van der Waals surface area contributed by atoms with Crippen molar-refractivity contribution >= 4 is 17.4 Å². The maximum Gasteiger partial charge on any atom is 0.410 e. The van der Waals surface area contributed by atoms with Crippen LogP contribution in [0.25, 0.3) is 0 Å². The van der Waals surface area contributed by atoms with E-state index in [0.717, 1.165) is 23.5 Å². The van der Waals surface area contributed by atoms with Gasteiger partial charge in [-0.25, -0.2) is 9.78 Å². The Hall–Kier alpha value is -3.01. The minimum absolute atomic E-state index is 0.159. The van der Waals surface area contributed by atoms with Crippen LogP contribution in [0, 0.1) is 0 Å². The highest BCUT2D eigenvalue weighted by Crippen LogP contribution is 2.32. The molecule has 1 aliphatic heterocycles. The molecule has 1 saturated heterocycles. The highest BCUT2D eigenvalue weighted by atomic mass is 32.1. The molecule has 0 bridgehead atoms. The van der Waals surface area contributed by atoms with Crippen molar-refractivity contribution in [2.45, 2.75) is 51.4 Å². The SMILES string of the molecule is CC(C)(C)OC(=O)N1CCCC(c2nc(C(Oc3ccccc3)n3cnnn3)cs2)C1. The molecule has 1 fully saturated rings. The van der Waals surface area contributed by atoms with Crippen LogP contribution in [-0.2, 0) is 4.74 Å². The molecule has 0 spiro atoms. The summed E-state index contributed by atoms with van der Waals surface area (Å²) in [6.07, 6.45) is 2.55. The van der Waals surface area contributed by atoms with Gasteiger partial charge < -0.3 is 14.4 Å². The molecule has 1 aromatic carbocycles. The molecule has 9 nitrogen and oxygen atoms in total. The molecule has 3 aromatic rings. The zero-order valence-electron chi connectivity index (χ0n) is 17.8. The molecule has 2 aromatic heterocycles. The third-order valence-corrected chi connectivity index (χ3v) is 5.84. The zero-order valence-corrected chi connectivity index (χ0v) is 18.7. The van der Waals surface area contributed by atoms with Crippen LogP contribution in [0.3, 0.4) is 0 Å². The molecule has 164 valence electrons. The number of likely N-dealkylation sites (tertiary alicyclic amines) is 1. The second kappa shape index (κ2) is 9.01. The minimum atomic E-state index is -0.576. The fourth-order valence-corrected chi connectivity index (χ4v) is 4.38. The summed E-state index contributed by atoms with van der Waals surface area (Å²) in [4.78, 5) is 19.1. The van der Waals surface area contributed by atoms with E-state index in [1.54, 1.807) is 20.9 Å². The van der Waals surface area contributed by atoms with Crippen LogP contribution in [0.15, 0.2) is 42.0 Å². The van der Waals surface area contributed by atoms with Crippen molar-refractivity contribution in [2.75, 3.05) is 13.1 Å². The van der Waals surface area contributed by atoms with Crippen LogP contribution in [0.2, 0.25) is 0 Å². The number of tetrazole rings is 1. The van der Waals surface area contributed by atoms with E-state index in [2.05, 4.69) is 15.5 Å². The molecule has 31 heavy (non-hydrogen) atoms. The average Bonchev–Trinajstić information content (AvgIpc) is 3.44. The molecule has 2 atom stereocenters. The topological polar surface area (TPSA) is 95.3 Å². The lowest BCUT2D eigenvalue weighted by Gasteiger charge is -2.33. The molecule has 2 unspecified atom stereocenters. The largest absolute Gasteiger partial charge is 0.463 e. The molecule has 3 heterocycles. The molecule has 4 rings (SSSR count). The highest BCUT2D eigenvalue weighted by molar-refractivity contribution is 7.09. The molecule has 0 radical (unpaired) electrons. The van der Waals surface area contributed by atoms with Gasteiger partial charge in [0.05, 0.1) is 5.01 Å². The van der Waals surface area contributed by atoms with E-state index in [9.17, 15) is 4.79 Å². The van der Waals surface area contributed by atoms with Crippen LogP contribution in [0.1, 0.15) is 56.5 Å². The number of carbonyl (C=O) groups is 1. The summed E-state index contributed by atoms with van der Waals surface area (Å²) in [6, 6.07) is 9.51. The third kappa shape index (κ3) is 5.38. The molecular formula is C21H26N6O3S. The van der Waals surface area contributed by atoms with Crippen molar-refractivity contribution in [3.63, 3.8) is 0 Å². The first-order valence-electron chi connectivity index (χ1n) is 10.3. The summed E-state index contributed by atoms with van der Waals surface area (Å²) in [5.41, 5.74) is 0.220. The van der Waals surface area contributed by atoms with E-state index < -0.39 is 11.8 Å². The maximum atomic E-state index is 12.5. The average molecular weight is 443 g/mol. The lowest BCUT2D eigenvalue weighted by Crippen LogP contribution is -2.42. The second-order valence-corrected chi connectivity index (χ2v) is 9.34. The monoisotopic (exact) mass is 442 g/mol. The van der Waals surface area contributed by atoms with Crippen molar-refractivity contribution in [1.29, 1.82) is 0 Å². The third-order valence-electron chi connectivity index (χ3n) is 4.81. The number of nitrogens with zero attached hydrogens (tertiary/aromatic N) is 6. The molecule has 0 N–H and O–H groups in total. The van der Waals surface area contributed by atoms with Gasteiger partial charge in [-0.2, -0.15) is 4.68 Å². The summed E-state index contributed by atoms with van der Waals surface area (Å²) < 4.78 is 13.2. The van der Waals surface area contributed by atoms with Gasteiger partial charge in [0.2, 0.25) is 6.23 Å². The molecule has 0 saturated carbocycles. The Labute approximate surface area is 185 Å². The van der Waals surface area contributed by atoms with Crippen LogP contribution >= 0.6 is 11.3 Å². The van der Waals surface area contributed by atoms with Crippen molar-refractivity contribution in [2.24, 2.45) is 0 Å². The van der Waals surface area contributed by atoms with Gasteiger partial charge in [-0.1, -0.05) is 18.2 Å². The Morgan fingerprint density at radius 1 is 1.26 bits per heavy atom. The molecular weight excluding hydrogens is 416 g/mol. The standard InChI is InChI=1S/C21H26N6O3S/c1-21(2,3)30-20(28)26-11-7-8-15(12-26)18-23-17(13-31-18)19(27-14-22-24-25-27)29-16-9-5-4-6-10-16/h4-6,9-10,13-15,19H,7-8,11-12H2,1-3H3. The molecule has 0 aliphatic carbocycles. The number of carbonyl (C=O) groups excluding carboxylic acids is 1. The quantitative estimate of drug-likeness (QED) is 0.592. The summed E-state index contributed by atoms with van der Waals surface area (Å²) in [5, 5.41) is 14.4. The molecule has 10 heteroatoms. The first-order valence-corrected chi connectivity index (χ1v) is 11.1. The van der Waals surface area contributed by atoms with Gasteiger partial charge >= 0.3 is 6.09 Å². The van der Waals surface area contributed by atoms with Crippen LogP contribution in [0.4, 0.5) is 4.79 Å². The van der Waals surface area contributed by atoms with E-state index >= 15 is 0 Å². The van der Waals surface area contributed by atoms with Gasteiger partial charge in [0, 0.05) is 24.4 Å². The fourth-order valence-electron chi connectivity index (χ4n) is 3.43. The van der Waals surface area contributed by atoms with Gasteiger partial charge in [0.1, 0.15) is 23.4 Å². The predicted octanol–water partition coefficient (Wildman–Crippen LogP) is 3.87. The van der Waals surface area contributed by atoms with Gasteiger partial charge in [0.15, 0.2) is 0 Å². The van der Waals surface area contributed by atoms with Crippen molar-refractivity contribution in [1.82, 2.24) is 30.1 Å². The summed E-state index contributed by atoms with van der Waals surface area (Å²) in [5.74, 6) is 0.859. The second-order valence-electron chi connectivity index (χ2n) is 8.45. The van der Waals surface area contributed by atoms with Crippen LogP contribution in [0.5, 0.6) is 5.75 Å². The Kier molecular flexibility index (Phi) is 6.17. The van der Waals surface area contributed by atoms with Crippen molar-refractivity contribution < 1.29 is 14.3 Å². The van der Waals surface area contributed by atoms with Gasteiger partial charge in [-0.15, -0.1) is 16.4 Å². The van der Waals surface area contributed by atoms with Crippen molar-refractivity contribution in [3.05, 3.63) is 52.7 Å². The predicted molar refractivity (Wildman–Crippen MR) is 115 cm³/mol. The first-order chi connectivity index (χ1) is 14.9. The Morgan fingerprint density at radius 2 is 2.06 bits per heavy atom. The Morgan fingerprint density at radius 3 is 2.77 bits per heavy atom. The number of hydrogen-bond donors (Lipinski definition) is 0. The lowest BCUT2D eigenvalue weighted by atomic mass is 9.99. The number of hydrogen-bond acceptors (Lipinski definition) is 8. The number of rotatable bonds is 5. The first kappa shape index (κ1) is 21.2. The maximum absolute atomic E-state index is 12.5. The van der Waals surface area contributed by atoms with Gasteiger partial charge in [0.25, 0.3) is 0 Å². The zero-order chi connectivity index (χ0) is 21.8. The van der Waals surface area contributed by atoms with Crippen LogP contribution < -0.4 is 4.74 Å². The highest BCUT2D eigenvalue weighted by Gasteiger charge is 2.30. The lowest BCUT2D eigenvalue weighted by molar-refractivity contribution is 0.0198. The summed E-state index contributed by atoms with van der Waals surface area (Å²) >= 11 is 1.57. The number of para-hydroxylation sites is 1. The van der Waals surface area contributed by atoms with E-state index in [1.807, 2.05) is 56.5 Å². The number of piperidine rings is 1. The van der Waals surface area contributed by atoms with E-state index in [1.165, 1.54) is 6.33 Å². The van der Waals surface area contributed by atoms with Crippen molar-refractivity contribution in [3.8, 4) is 5.75 Å². The molecule has 1 aliphatic rings. The fraction of sp³-hybridized carbons (Fsp3) is 0.476. The number of amides is 1. The van der Waals surface area contributed by atoms with E-state index in [0.29, 0.717) is 18.8 Å².